The van der Waals surface area contributed by atoms with Gasteiger partial charge in [-0.2, -0.15) is 0 Å². The van der Waals surface area contributed by atoms with E-state index in [9.17, 15) is 14.7 Å². The maximum atomic E-state index is 13.3. The molecule has 9 heteroatoms. The van der Waals surface area contributed by atoms with E-state index >= 15 is 0 Å². The zero-order chi connectivity index (χ0) is 24.9. The number of imidazole rings is 1. The zero-order valence-corrected chi connectivity index (χ0v) is 19.8. The first-order valence-electron chi connectivity index (χ1n) is 11.1. The minimum atomic E-state index is -0.867. The number of nitrogens with zero attached hydrogens (tertiary/aromatic N) is 3. The summed E-state index contributed by atoms with van der Waals surface area (Å²) in [6.45, 7) is 0.892. The molecule has 2 heterocycles. The average Bonchev–Trinajstić information content (AvgIpc) is 3.50. The lowest BCUT2D eigenvalue weighted by Crippen LogP contribution is -2.31. The van der Waals surface area contributed by atoms with Gasteiger partial charge in [-0.3, -0.25) is 9.59 Å². The summed E-state index contributed by atoms with van der Waals surface area (Å²) < 4.78 is 18.1. The van der Waals surface area contributed by atoms with Crippen molar-refractivity contribution in [3.8, 4) is 17.2 Å². The molecule has 2 aromatic carbocycles. The fourth-order valence-electron chi connectivity index (χ4n) is 4.26. The third-order valence-corrected chi connectivity index (χ3v) is 5.99. The lowest BCUT2D eigenvalue weighted by atomic mass is 9.94. The molecule has 0 radical (unpaired) electrons. The van der Waals surface area contributed by atoms with E-state index < -0.39 is 17.7 Å². The molecule has 4 rings (SSSR count). The number of carbonyl (C=O) groups excluding carboxylic acids is 2. The Morgan fingerprint density at radius 3 is 2.46 bits per heavy atom. The fourth-order valence-corrected chi connectivity index (χ4v) is 4.26. The van der Waals surface area contributed by atoms with Crippen LogP contribution in [0.3, 0.4) is 0 Å². The van der Waals surface area contributed by atoms with Crippen LogP contribution in [0.4, 0.5) is 0 Å². The molecule has 1 aliphatic heterocycles. The van der Waals surface area contributed by atoms with Gasteiger partial charge in [-0.15, -0.1) is 0 Å². The Morgan fingerprint density at radius 1 is 1.00 bits per heavy atom. The minimum Gasteiger partial charge on any atom is -0.507 e. The summed E-state index contributed by atoms with van der Waals surface area (Å²) in [4.78, 5) is 32.0. The summed E-state index contributed by atoms with van der Waals surface area (Å²) in [6.07, 6.45) is 5.78. The molecule has 1 N–H and O–H groups in total. The first-order valence-corrected chi connectivity index (χ1v) is 11.1. The van der Waals surface area contributed by atoms with E-state index in [1.807, 2.05) is 10.8 Å². The third kappa shape index (κ3) is 4.70. The van der Waals surface area contributed by atoms with Gasteiger partial charge in [-0.05, 0) is 36.8 Å². The monoisotopic (exact) mass is 477 g/mol. The number of Topliss-reactive ketones (excluding diaryl/α,β-unsaturated/α-hetero) is 1. The number of likely N-dealkylation sites (tertiary alicyclic amines) is 1. The van der Waals surface area contributed by atoms with E-state index in [4.69, 9.17) is 14.2 Å². The Bertz CT molecular complexity index is 1250. The number of rotatable bonds is 9. The van der Waals surface area contributed by atoms with Crippen molar-refractivity contribution in [1.29, 1.82) is 0 Å². The van der Waals surface area contributed by atoms with Gasteiger partial charge in [-0.25, -0.2) is 4.98 Å². The van der Waals surface area contributed by atoms with Crippen molar-refractivity contribution >= 4 is 17.4 Å². The Kier molecular flexibility index (Phi) is 7.05. The van der Waals surface area contributed by atoms with Gasteiger partial charge in [0.1, 0.15) is 23.0 Å². The predicted molar refractivity (Wildman–Crippen MR) is 128 cm³/mol. The van der Waals surface area contributed by atoms with Crippen LogP contribution in [0.5, 0.6) is 17.2 Å². The van der Waals surface area contributed by atoms with Crippen LogP contribution in [0, 0.1) is 0 Å². The second kappa shape index (κ2) is 10.3. The maximum absolute atomic E-state index is 13.3. The molecular weight excluding hydrogens is 450 g/mol. The molecule has 3 aromatic rings. The number of ketones is 1. The Balaban J connectivity index is 1.82. The largest absolute Gasteiger partial charge is 0.507 e. The highest BCUT2D eigenvalue weighted by Gasteiger charge is 2.47. The molecule has 0 saturated carbocycles. The van der Waals surface area contributed by atoms with Gasteiger partial charge in [0.2, 0.25) is 0 Å². The first-order chi connectivity index (χ1) is 17.0. The molecule has 1 aliphatic rings. The second-order valence-corrected chi connectivity index (χ2v) is 7.99. The smallest absolute Gasteiger partial charge is 0.295 e. The van der Waals surface area contributed by atoms with Crippen LogP contribution in [0.2, 0.25) is 0 Å². The Labute approximate surface area is 203 Å². The van der Waals surface area contributed by atoms with Crippen LogP contribution >= 0.6 is 0 Å². The number of hydrogen-bond acceptors (Lipinski definition) is 7. The van der Waals surface area contributed by atoms with Gasteiger partial charge < -0.3 is 28.8 Å². The highest BCUT2D eigenvalue weighted by molar-refractivity contribution is 6.46. The number of methoxy groups -OCH3 is 3. The molecule has 182 valence electrons. The lowest BCUT2D eigenvalue weighted by Gasteiger charge is -2.27. The molecule has 0 bridgehead atoms. The van der Waals surface area contributed by atoms with Crippen LogP contribution < -0.4 is 14.2 Å². The van der Waals surface area contributed by atoms with Gasteiger partial charge in [0.05, 0.1) is 39.3 Å². The number of aliphatic hydroxyl groups excluding tert-OH is 1. The quantitative estimate of drug-likeness (QED) is 0.286. The molecule has 0 aliphatic carbocycles. The van der Waals surface area contributed by atoms with Crippen LogP contribution in [-0.2, 0) is 16.1 Å². The summed E-state index contributed by atoms with van der Waals surface area (Å²) in [6, 6.07) is 11.0. The van der Waals surface area contributed by atoms with Crippen molar-refractivity contribution in [3.05, 3.63) is 77.9 Å². The van der Waals surface area contributed by atoms with E-state index in [1.54, 1.807) is 55.0 Å². The maximum Gasteiger partial charge on any atom is 0.295 e. The molecule has 1 aromatic heterocycles. The number of benzene rings is 2. The number of aliphatic hydroxyl groups is 1. The highest BCUT2D eigenvalue weighted by atomic mass is 16.5. The van der Waals surface area contributed by atoms with Crippen LogP contribution in [0.1, 0.15) is 23.6 Å². The van der Waals surface area contributed by atoms with E-state index in [0.29, 0.717) is 41.3 Å². The van der Waals surface area contributed by atoms with Crippen LogP contribution in [0.15, 0.2) is 66.8 Å². The number of hydrogen-bond donors (Lipinski definition) is 1. The molecule has 0 spiro atoms. The fraction of sp³-hybridized carbons (Fsp3) is 0.269. The van der Waals surface area contributed by atoms with Crippen molar-refractivity contribution in [2.75, 3.05) is 27.9 Å². The van der Waals surface area contributed by atoms with Crippen molar-refractivity contribution in [1.82, 2.24) is 14.5 Å². The normalized spacial score (nSPS) is 17.0. The van der Waals surface area contributed by atoms with E-state index in [-0.39, 0.29) is 17.9 Å². The lowest BCUT2D eigenvalue weighted by molar-refractivity contribution is -0.140. The number of ether oxygens (including phenoxy) is 3. The van der Waals surface area contributed by atoms with E-state index in [1.165, 1.54) is 26.2 Å². The summed E-state index contributed by atoms with van der Waals surface area (Å²) in [5, 5.41) is 11.3. The number of amides is 1. The van der Waals surface area contributed by atoms with E-state index in [2.05, 4.69) is 4.98 Å². The van der Waals surface area contributed by atoms with Gasteiger partial charge in [0.25, 0.3) is 11.7 Å². The minimum absolute atomic E-state index is 0.0163. The third-order valence-electron chi connectivity index (χ3n) is 5.99. The van der Waals surface area contributed by atoms with Crippen LogP contribution in [0.25, 0.3) is 5.76 Å². The first kappa shape index (κ1) is 23.9. The van der Waals surface area contributed by atoms with Gasteiger partial charge in [-0.1, -0.05) is 12.1 Å². The summed E-state index contributed by atoms with van der Waals surface area (Å²) in [5.41, 5.74) is 0.892. The highest BCUT2D eigenvalue weighted by Crippen LogP contribution is 2.44. The van der Waals surface area contributed by atoms with Crippen molar-refractivity contribution in [2.45, 2.75) is 19.0 Å². The second-order valence-electron chi connectivity index (χ2n) is 7.99. The molecule has 0 unspecified atom stereocenters. The zero-order valence-electron chi connectivity index (χ0n) is 19.8. The molecular formula is C26H27N3O6. The van der Waals surface area contributed by atoms with Crippen molar-refractivity contribution in [2.24, 2.45) is 0 Å². The SMILES string of the molecule is COc1cccc(/C(O)=C2\C(=O)C(=O)N(CCCn3ccnc3)[C@H]2c2cc(OC)ccc2OC)c1. The topological polar surface area (TPSA) is 103 Å². The Morgan fingerprint density at radius 2 is 1.77 bits per heavy atom. The summed E-state index contributed by atoms with van der Waals surface area (Å²) in [5.74, 6) is -0.217. The molecule has 1 saturated heterocycles. The molecule has 1 amide bonds. The van der Waals surface area contributed by atoms with Crippen LogP contribution in [-0.4, -0.2) is 59.1 Å². The number of carbonyl (C=O) groups is 2. The average molecular weight is 478 g/mol. The van der Waals surface area contributed by atoms with E-state index in [0.717, 1.165) is 0 Å². The molecule has 1 fully saturated rings. The molecule has 1 atom stereocenters. The van der Waals surface area contributed by atoms with Gasteiger partial charge >= 0.3 is 0 Å². The number of aromatic nitrogens is 2. The Hall–Kier alpha value is -4.27. The summed E-state index contributed by atoms with van der Waals surface area (Å²) >= 11 is 0. The predicted octanol–water partition coefficient (Wildman–Crippen LogP) is 3.42. The summed E-state index contributed by atoms with van der Waals surface area (Å²) in [7, 11) is 4.56. The molecule has 9 nitrogen and oxygen atoms in total. The van der Waals surface area contributed by atoms with Crippen molar-refractivity contribution in [3.63, 3.8) is 0 Å². The van der Waals surface area contributed by atoms with Gasteiger partial charge in [0.15, 0.2) is 0 Å². The van der Waals surface area contributed by atoms with Gasteiger partial charge in [0, 0.05) is 36.6 Å². The standard InChI is InChI=1S/C26H27N3O6/c1-33-18-7-4-6-17(14-18)24(30)22-23(20-15-19(34-2)8-9-21(20)35-3)29(26(32)25(22)31)12-5-11-28-13-10-27-16-28/h4,6-10,13-16,23,30H,5,11-12H2,1-3H3/b24-22+/t23-/m0/s1. The number of aryl methyl sites for hydroxylation is 1. The molecule has 35 heavy (non-hydrogen) atoms. The van der Waals surface area contributed by atoms with Crippen molar-refractivity contribution < 1.29 is 28.9 Å².